The quantitative estimate of drug-likeness (QED) is 0.596. The predicted molar refractivity (Wildman–Crippen MR) is 100.0 cm³/mol. The monoisotopic (exact) mass is 421 g/mol. The number of fused-ring (bicyclic) bond motifs is 1. The van der Waals surface area contributed by atoms with Crippen molar-refractivity contribution >= 4 is 5.91 Å². The number of halogens is 4. The predicted octanol–water partition coefficient (Wildman–Crippen LogP) is 3.49. The Hall–Kier alpha value is -3.17. The molecule has 3 aromatic rings. The van der Waals surface area contributed by atoms with E-state index in [0.29, 0.717) is 29.9 Å². The van der Waals surface area contributed by atoms with E-state index < -0.39 is 23.6 Å². The van der Waals surface area contributed by atoms with Crippen LogP contribution in [0.1, 0.15) is 32.9 Å². The number of hydrogen-bond donors (Lipinski definition) is 0. The minimum absolute atomic E-state index is 0.0141. The molecule has 0 fully saturated rings. The summed E-state index contributed by atoms with van der Waals surface area (Å²) in [6.07, 6.45) is -4.13. The number of nitrogens with zero attached hydrogens (tertiary/aromatic N) is 5. The first-order chi connectivity index (χ1) is 14.1. The number of aryl methyl sites for hydroxylation is 3. The Morgan fingerprint density at radius 3 is 2.47 bits per heavy atom. The molecule has 0 atom stereocenters. The first-order valence-electron chi connectivity index (χ1n) is 9.28. The van der Waals surface area contributed by atoms with Crippen LogP contribution < -0.4 is 0 Å². The second kappa shape index (κ2) is 6.96. The molecule has 1 aliphatic rings. The molecule has 0 unspecified atom stereocenters. The fourth-order valence-corrected chi connectivity index (χ4v) is 3.83. The van der Waals surface area contributed by atoms with E-state index in [1.165, 1.54) is 28.8 Å². The molecule has 158 valence electrons. The van der Waals surface area contributed by atoms with Gasteiger partial charge in [-0.2, -0.15) is 23.4 Å². The zero-order valence-corrected chi connectivity index (χ0v) is 16.6. The van der Waals surface area contributed by atoms with Gasteiger partial charge in [-0.25, -0.2) is 4.39 Å². The summed E-state index contributed by atoms with van der Waals surface area (Å²) in [7, 11) is 2.87. The summed E-state index contributed by atoms with van der Waals surface area (Å²) < 4.78 is 55.9. The highest BCUT2D eigenvalue weighted by atomic mass is 19.4. The van der Waals surface area contributed by atoms with Crippen LogP contribution in [-0.2, 0) is 33.2 Å². The molecule has 2 aromatic heterocycles. The summed E-state index contributed by atoms with van der Waals surface area (Å²) in [4.78, 5) is 14.3. The van der Waals surface area contributed by atoms with Crippen LogP contribution in [0.4, 0.5) is 17.6 Å². The van der Waals surface area contributed by atoms with Crippen LogP contribution in [0, 0.1) is 12.7 Å². The molecule has 1 aliphatic heterocycles. The van der Waals surface area contributed by atoms with E-state index in [1.54, 1.807) is 20.0 Å². The molecule has 4 rings (SSSR count). The van der Waals surface area contributed by atoms with Crippen LogP contribution >= 0.6 is 0 Å². The van der Waals surface area contributed by atoms with Gasteiger partial charge in [0.2, 0.25) is 0 Å². The Kier molecular flexibility index (Phi) is 4.67. The van der Waals surface area contributed by atoms with Gasteiger partial charge in [-0.15, -0.1) is 0 Å². The zero-order valence-electron chi connectivity index (χ0n) is 16.6. The van der Waals surface area contributed by atoms with Crippen molar-refractivity contribution in [3.05, 3.63) is 58.2 Å². The van der Waals surface area contributed by atoms with Gasteiger partial charge in [0.15, 0.2) is 0 Å². The van der Waals surface area contributed by atoms with Gasteiger partial charge >= 0.3 is 6.18 Å². The second-order valence-electron chi connectivity index (χ2n) is 7.39. The molecule has 0 spiro atoms. The van der Waals surface area contributed by atoms with E-state index in [4.69, 9.17) is 0 Å². The number of rotatable bonds is 2. The molecule has 6 nitrogen and oxygen atoms in total. The summed E-state index contributed by atoms with van der Waals surface area (Å²) in [5.41, 5.74) is 1.83. The van der Waals surface area contributed by atoms with Gasteiger partial charge in [-0.05, 0) is 37.1 Å². The van der Waals surface area contributed by atoms with Crippen molar-refractivity contribution in [1.82, 2.24) is 24.5 Å². The topological polar surface area (TPSA) is 56.0 Å². The molecule has 0 saturated heterocycles. The molecule has 0 saturated carbocycles. The van der Waals surface area contributed by atoms with Crippen molar-refractivity contribution in [1.29, 1.82) is 0 Å². The summed E-state index contributed by atoms with van der Waals surface area (Å²) >= 11 is 0. The highest BCUT2D eigenvalue weighted by molar-refractivity contribution is 5.94. The maximum atomic E-state index is 14.2. The van der Waals surface area contributed by atoms with Gasteiger partial charge < -0.3 is 4.90 Å². The standard InChI is InChI=1S/C20H19F4N5O/c1-11-4-5-12(14(21)8-11)19(30)29-7-6-13-16(10-29)26-28(3)18(13)15-9-17(20(22,23)24)27(2)25-15/h4-5,8-9H,6-7,10H2,1-3H3. The average Bonchev–Trinajstić information content (AvgIpc) is 3.19. The molecule has 0 bridgehead atoms. The van der Waals surface area contributed by atoms with E-state index in [1.807, 2.05) is 0 Å². The van der Waals surface area contributed by atoms with E-state index >= 15 is 0 Å². The summed E-state index contributed by atoms with van der Waals surface area (Å²) in [5.74, 6) is -1.02. The first-order valence-corrected chi connectivity index (χ1v) is 9.28. The lowest BCUT2D eigenvalue weighted by Crippen LogP contribution is -2.36. The van der Waals surface area contributed by atoms with E-state index in [9.17, 15) is 22.4 Å². The van der Waals surface area contributed by atoms with Gasteiger partial charge in [0, 0.05) is 26.2 Å². The minimum atomic E-state index is -4.51. The Morgan fingerprint density at radius 1 is 1.10 bits per heavy atom. The lowest BCUT2D eigenvalue weighted by molar-refractivity contribution is -0.143. The lowest BCUT2D eigenvalue weighted by Gasteiger charge is -2.26. The Bertz CT molecular complexity index is 1150. The lowest BCUT2D eigenvalue weighted by atomic mass is 10.0. The number of carbonyl (C=O) groups is 1. The first kappa shape index (κ1) is 20.1. The number of carbonyl (C=O) groups excluding carboxylic acids is 1. The SMILES string of the molecule is Cc1ccc(C(=O)N2CCc3c(nn(C)c3-c3cc(C(F)(F)F)n(C)n3)C2)c(F)c1. The molecule has 0 N–H and O–H groups in total. The average molecular weight is 421 g/mol. The van der Waals surface area contributed by atoms with Gasteiger partial charge in [-0.3, -0.25) is 14.2 Å². The van der Waals surface area contributed by atoms with E-state index in [-0.39, 0.29) is 17.8 Å². The molecule has 0 aliphatic carbocycles. The maximum Gasteiger partial charge on any atom is 0.433 e. The second-order valence-corrected chi connectivity index (χ2v) is 7.39. The Labute approximate surface area is 169 Å². The van der Waals surface area contributed by atoms with Crippen molar-refractivity contribution in [2.45, 2.75) is 26.1 Å². The fraction of sp³-hybridized carbons (Fsp3) is 0.350. The number of aromatic nitrogens is 4. The van der Waals surface area contributed by atoms with Crippen molar-refractivity contribution in [2.24, 2.45) is 14.1 Å². The Morgan fingerprint density at radius 2 is 1.83 bits per heavy atom. The fourth-order valence-electron chi connectivity index (χ4n) is 3.83. The minimum Gasteiger partial charge on any atom is -0.332 e. The Balaban J connectivity index is 1.65. The van der Waals surface area contributed by atoms with Crippen LogP contribution in [-0.4, -0.2) is 36.9 Å². The molecule has 0 radical (unpaired) electrons. The molecule has 10 heteroatoms. The van der Waals surface area contributed by atoms with Crippen molar-refractivity contribution < 1.29 is 22.4 Å². The van der Waals surface area contributed by atoms with Gasteiger partial charge in [-0.1, -0.05) is 6.07 Å². The van der Waals surface area contributed by atoms with Crippen molar-refractivity contribution in [3.8, 4) is 11.4 Å². The normalized spacial score (nSPS) is 14.2. The van der Waals surface area contributed by atoms with Crippen LogP contribution in [0.5, 0.6) is 0 Å². The third-order valence-corrected chi connectivity index (χ3v) is 5.26. The van der Waals surface area contributed by atoms with E-state index in [0.717, 1.165) is 16.3 Å². The number of alkyl halides is 3. The van der Waals surface area contributed by atoms with Gasteiger partial charge in [0.1, 0.15) is 17.2 Å². The van der Waals surface area contributed by atoms with Crippen LogP contribution in [0.15, 0.2) is 24.3 Å². The van der Waals surface area contributed by atoms with Gasteiger partial charge in [0.25, 0.3) is 5.91 Å². The van der Waals surface area contributed by atoms with Crippen molar-refractivity contribution in [2.75, 3.05) is 6.54 Å². The summed E-state index contributed by atoms with van der Waals surface area (Å²) in [6, 6.07) is 5.43. The maximum absolute atomic E-state index is 14.2. The molecular weight excluding hydrogens is 402 g/mol. The highest BCUT2D eigenvalue weighted by Crippen LogP contribution is 2.34. The zero-order chi connectivity index (χ0) is 21.8. The number of hydrogen-bond acceptors (Lipinski definition) is 3. The highest BCUT2D eigenvalue weighted by Gasteiger charge is 2.36. The van der Waals surface area contributed by atoms with Crippen molar-refractivity contribution in [3.63, 3.8) is 0 Å². The van der Waals surface area contributed by atoms with Crippen LogP contribution in [0.3, 0.4) is 0 Å². The largest absolute Gasteiger partial charge is 0.433 e. The molecule has 1 aromatic carbocycles. The molecule has 30 heavy (non-hydrogen) atoms. The number of amides is 1. The third-order valence-electron chi connectivity index (χ3n) is 5.26. The molecular formula is C20H19F4N5O. The van der Waals surface area contributed by atoms with Crippen LogP contribution in [0.2, 0.25) is 0 Å². The summed E-state index contributed by atoms with van der Waals surface area (Å²) in [5, 5.41) is 8.41. The number of benzene rings is 1. The van der Waals surface area contributed by atoms with E-state index in [2.05, 4.69) is 10.2 Å². The molecule has 3 heterocycles. The third kappa shape index (κ3) is 3.35. The van der Waals surface area contributed by atoms with Crippen LogP contribution in [0.25, 0.3) is 11.4 Å². The smallest absolute Gasteiger partial charge is 0.332 e. The van der Waals surface area contributed by atoms with Gasteiger partial charge in [0.05, 0.1) is 23.5 Å². The molecule has 1 amide bonds. The summed E-state index contributed by atoms with van der Waals surface area (Å²) in [6.45, 7) is 2.19.